The standard InChI is InChI=1S/C57H48N2.C39H31N.C33H25N/c1-55(2)45-15-7-11-19-51(45)58(52-20-12-8-16-46(52)55)41-29-23-37(24-30-41)39-27-33-43-44-34-28-40(36-50(44)57(5,6)49(43)35-39)38-25-31-42(32-26-38)59-53-21-13-9-17-47(53)56(3,4)48-18-10-14-22-54(48)59;1-39(2)35-17-9-11-19-37(35)40(38-20-12-10-18-36(38)39)34-23-21-30(22-24-34)33-26-31(28-13-5-3-6-14-28)25-32(27-33)29-15-7-4-8-16-29;1-33(2)29-12-6-3-9-25(29)26-20-17-23(21-30(26)33)22-15-18-24(19-16-22)34-31-13-7-4-10-27(31)28-11-5-8-14-32(28)34/h7-36H,1-6H3;3-27H,1-2H3;3-21H,1-2H3. The lowest BCUT2D eigenvalue weighted by Gasteiger charge is -2.42. The van der Waals surface area contributed by atoms with Crippen molar-refractivity contribution in [3.05, 3.63) is 505 Å². The molecule has 5 aliphatic rings. The molecule has 2 aliphatic carbocycles. The van der Waals surface area contributed by atoms with Crippen LogP contribution in [0.5, 0.6) is 0 Å². The predicted octanol–water partition coefficient (Wildman–Crippen LogP) is 35.1. The van der Waals surface area contributed by atoms with Crippen LogP contribution < -0.4 is 14.7 Å². The summed E-state index contributed by atoms with van der Waals surface area (Å²) in [5, 5.41) is 2.59. The van der Waals surface area contributed by atoms with Crippen LogP contribution in [0.1, 0.15) is 125 Å². The number of aromatic nitrogens is 1. The number of rotatable bonds is 10. The smallest absolute Gasteiger partial charge is 0.0541 e. The van der Waals surface area contributed by atoms with Crippen molar-refractivity contribution in [2.45, 2.75) is 96.3 Å². The molecule has 0 fully saturated rings. The van der Waals surface area contributed by atoms with Gasteiger partial charge in [-0.2, -0.15) is 0 Å². The fraction of sp³-hybridized carbons (Fsp3) is 0.116. The Hall–Kier alpha value is -15.6. The molecule has 0 unspecified atom stereocenters. The number of anilines is 9. The molecule has 0 saturated heterocycles. The van der Waals surface area contributed by atoms with Gasteiger partial charge in [-0.25, -0.2) is 0 Å². The van der Waals surface area contributed by atoms with Gasteiger partial charge in [0.1, 0.15) is 0 Å². The number of benzene rings is 19. The average molecular weight is 1710 g/mol. The van der Waals surface area contributed by atoms with Crippen LogP contribution >= 0.6 is 0 Å². The van der Waals surface area contributed by atoms with Crippen molar-refractivity contribution < 1.29 is 0 Å². The first-order valence-electron chi connectivity index (χ1n) is 46.9. The molecule has 1 aromatic heterocycles. The maximum atomic E-state index is 2.43. The molecule has 0 atom stereocenters. The maximum Gasteiger partial charge on any atom is 0.0541 e. The Bertz CT molecular complexity index is 7480. The van der Waals surface area contributed by atoms with E-state index in [1.165, 1.54) is 223 Å². The molecule has 4 nitrogen and oxygen atoms in total. The minimum atomic E-state index is -0.140. The Balaban J connectivity index is 0.000000118. The number of hydrogen-bond acceptors (Lipinski definition) is 3. The number of hydrogen-bond donors (Lipinski definition) is 0. The van der Waals surface area contributed by atoms with Crippen molar-refractivity contribution >= 4 is 73.0 Å². The summed E-state index contributed by atoms with van der Waals surface area (Å²) in [6, 6.07) is 165. The number of para-hydroxylation sites is 8. The van der Waals surface area contributed by atoms with Gasteiger partial charge in [-0.1, -0.05) is 385 Å². The van der Waals surface area contributed by atoms with Crippen molar-refractivity contribution in [2.24, 2.45) is 0 Å². The lowest BCUT2D eigenvalue weighted by molar-refractivity contribution is 0.632. The summed E-state index contributed by atoms with van der Waals surface area (Å²) in [6.45, 7) is 23.5. The summed E-state index contributed by atoms with van der Waals surface area (Å²) in [6.07, 6.45) is 0. The highest BCUT2D eigenvalue weighted by Gasteiger charge is 2.42. The molecule has 0 N–H and O–H groups in total. The number of fused-ring (bicyclic) bond motifs is 15. The first-order valence-corrected chi connectivity index (χ1v) is 46.9. The van der Waals surface area contributed by atoms with E-state index < -0.39 is 0 Å². The molecule has 133 heavy (non-hydrogen) atoms. The molecule has 25 rings (SSSR count). The maximum absolute atomic E-state index is 2.43. The van der Waals surface area contributed by atoms with Crippen LogP contribution in [0.2, 0.25) is 0 Å². The van der Waals surface area contributed by atoms with Gasteiger partial charge in [0.15, 0.2) is 0 Å². The van der Waals surface area contributed by atoms with Crippen LogP contribution in [0.15, 0.2) is 449 Å². The van der Waals surface area contributed by atoms with Crippen molar-refractivity contribution in [1.29, 1.82) is 0 Å². The molecule has 3 aliphatic heterocycles. The third-order valence-corrected chi connectivity index (χ3v) is 29.7. The summed E-state index contributed by atoms with van der Waals surface area (Å²) in [4.78, 5) is 7.27. The highest BCUT2D eigenvalue weighted by molar-refractivity contribution is 6.09. The van der Waals surface area contributed by atoms with E-state index in [0.29, 0.717) is 0 Å². The van der Waals surface area contributed by atoms with Gasteiger partial charge in [0, 0.05) is 60.6 Å². The minimum absolute atomic E-state index is 0.0187. The zero-order valence-corrected chi connectivity index (χ0v) is 77.0. The largest absolute Gasteiger partial charge is 0.310 e. The second-order valence-electron chi connectivity index (χ2n) is 39.1. The lowest BCUT2D eigenvalue weighted by Crippen LogP contribution is -2.30. The van der Waals surface area contributed by atoms with E-state index >= 15 is 0 Å². The zero-order valence-electron chi connectivity index (χ0n) is 77.0. The zero-order chi connectivity index (χ0) is 90.2. The van der Waals surface area contributed by atoms with Crippen LogP contribution in [-0.2, 0) is 27.1 Å². The second-order valence-corrected chi connectivity index (χ2v) is 39.1. The average Bonchev–Trinajstić information content (AvgIpc) is 1.42. The van der Waals surface area contributed by atoms with Gasteiger partial charge in [-0.3, -0.25) is 0 Å². The molecule has 0 spiro atoms. The fourth-order valence-electron chi connectivity index (χ4n) is 22.6. The molecule has 4 heteroatoms. The third kappa shape index (κ3) is 13.6. The Morgan fingerprint density at radius 1 is 0.143 bits per heavy atom. The molecule has 4 heterocycles. The van der Waals surface area contributed by atoms with Gasteiger partial charge in [-0.15, -0.1) is 0 Å². The Kier molecular flexibility index (Phi) is 19.6. The van der Waals surface area contributed by atoms with Crippen molar-refractivity contribution in [1.82, 2.24) is 4.57 Å². The lowest BCUT2D eigenvalue weighted by atomic mass is 9.73. The Morgan fingerprint density at radius 3 is 0.662 bits per heavy atom. The highest BCUT2D eigenvalue weighted by Crippen LogP contribution is 2.58. The topological polar surface area (TPSA) is 14.7 Å². The van der Waals surface area contributed by atoms with Gasteiger partial charge < -0.3 is 19.3 Å². The normalized spacial score (nSPS) is 14.6. The van der Waals surface area contributed by atoms with E-state index in [9.17, 15) is 0 Å². The predicted molar refractivity (Wildman–Crippen MR) is 562 cm³/mol. The second kappa shape index (κ2) is 31.9. The van der Waals surface area contributed by atoms with Crippen LogP contribution in [0.4, 0.5) is 51.2 Å². The molecule has 19 aromatic carbocycles. The van der Waals surface area contributed by atoms with E-state index in [1.54, 1.807) is 0 Å². The molecule has 0 amide bonds. The van der Waals surface area contributed by atoms with Gasteiger partial charge in [-0.05, 0) is 278 Å². The van der Waals surface area contributed by atoms with E-state index in [4.69, 9.17) is 0 Å². The van der Waals surface area contributed by atoms with Crippen LogP contribution in [-0.4, -0.2) is 4.57 Å². The summed E-state index contributed by atoms with van der Waals surface area (Å²) < 4.78 is 2.37. The fourth-order valence-corrected chi connectivity index (χ4v) is 22.6. The minimum Gasteiger partial charge on any atom is -0.310 e. The summed E-state index contributed by atoms with van der Waals surface area (Å²) in [5.41, 5.74) is 48.2. The van der Waals surface area contributed by atoms with E-state index in [1.807, 2.05) is 0 Å². The summed E-state index contributed by atoms with van der Waals surface area (Å²) in [5.74, 6) is 0. The number of nitrogens with zero attached hydrogens (tertiary/aromatic N) is 4. The van der Waals surface area contributed by atoms with E-state index in [0.717, 1.165) is 0 Å². The Morgan fingerprint density at radius 2 is 0.353 bits per heavy atom. The van der Waals surface area contributed by atoms with Crippen LogP contribution in [0, 0.1) is 0 Å². The van der Waals surface area contributed by atoms with Gasteiger partial charge in [0.05, 0.1) is 45.2 Å². The Labute approximate surface area is 782 Å². The SMILES string of the molecule is CC1(C)c2cc(-c3ccc(N4c5ccccc5C(C)(C)c5ccccc54)cc3)ccc2-c2ccc(-c3ccc(N4c5ccccc5C(C)(C)c5ccccc54)cc3)cc21.CC1(C)c2ccccc2-c2ccc(-c3ccc(-n4c5ccccc5c5ccccc54)cc3)cc21.CC1(C)c2ccccc2N(c2ccc(-c3cc(-c4ccccc4)cc(-c4ccccc4)c3)cc2)c2ccccc21. The molecule has 0 radical (unpaired) electrons. The van der Waals surface area contributed by atoms with E-state index in [-0.39, 0.29) is 27.1 Å². The van der Waals surface area contributed by atoms with Gasteiger partial charge in [0.25, 0.3) is 0 Å². The molecular weight excluding hydrogens is 1610 g/mol. The summed E-state index contributed by atoms with van der Waals surface area (Å²) in [7, 11) is 0. The molecule has 640 valence electrons. The van der Waals surface area contributed by atoms with Crippen molar-refractivity contribution in [3.63, 3.8) is 0 Å². The molecular formula is C129H104N4. The molecule has 0 saturated carbocycles. The monoisotopic (exact) mass is 1710 g/mol. The molecule has 20 aromatic rings. The van der Waals surface area contributed by atoms with Gasteiger partial charge >= 0.3 is 0 Å². The van der Waals surface area contributed by atoms with Crippen molar-refractivity contribution in [2.75, 3.05) is 14.7 Å². The molecule has 0 bridgehead atoms. The quantitative estimate of drug-likeness (QED) is 0.136. The third-order valence-electron chi connectivity index (χ3n) is 29.7. The van der Waals surface area contributed by atoms with Gasteiger partial charge in [0.2, 0.25) is 0 Å². The first-order chi connectivity index (χ1) is 64.7. The first kappa shape index (κ1) is 81.8. The highest BCUT2D eigenvalue weighted by atomic mass is 15.2. The van der Waals surface area contributed by atoms with E-state index in [2.05, 4.69) is 537 Å². The van der Waals surface area contributed by atoms with Crippen LogP contribution in [0.3, 0.4) is 0 Å². The van der Waals surface area contributed by atoms with Crippen LogP contribution in [0.25, 0.3) is 117 Å². The van der Waals surface area contributed by atoms with Crippen molar-refractivity contribution in [3.8, 4) is 94.7 Å². The summed E-state index contributed by atoms with van der Waals surface area (Å²) >= 11 is 0.